The van der Waals surface area contributed by atoms with E-state index in [0.717, 1.165) is 0 Å². The van der Waals surface area contributed by atoms with Crippen molar-refractivity contribution in [2.45, 2.75) is 13.5 Å². The molecule has 4 aromatic rings. The fourth-order valence-corrected chi connectivity index (χ4v) is 2.96. The topological polar surface area (TPSA) is 117 Å². The summed E-state index contributed by atoms with van der Waals surface area (Å²) in [5.41, 5.74) is 1.41. The second-order valence-corrected chi connectivity index (χ2v) is 5.95. The maximum atomic E-state index is 13.0. The third kappa shape index (κ3) is 2.72. The van der Waals surface area contributed by atoms with Gasteiger partial charge in [0.1, 0.15) is 6.61 Å². The molecule has 0 aliphatic heterocycles. The summed E-state index contributed by atoms with van der Waals surface area (Å²) < 4.78 is 7.96. The Morgan fingerprint density at radius 1 is 1.30 bits per heavy atom. The van der Waals surface area contributed by atoms with E-state index in [0.29, 0.717) is 33.8 Å². The molecule has 0 atom stereocenters. The van der Waals surface area contributed by atoms with Crippen LogP contribution in [0.4, 0.5) is 5.69 Å². The summed E-state index contributed by atoms with van der Waals surface area (Å²) in [7, 11) is 1.54. The van der Waals surface area contributed by atoms with Crippen LogP contribution in [-0.4, -0.2) is 36.2 Å². The largest absolute Gasteiger partial charge is 0.377 e. The van der Waals surface area contributed by atoms with Gasteiger partial charge in [0.05, 0.1) is 21.5 Å². The number of hydrogen-bond donors (Lipinski definition) is 0. The minimum atomic E-state index is -0.469. The van der Waals surface area contributed by atoms with Gasteiger partial charge in [-0.1, -0.05) is 0 Å². The average molecular weight is 366 g/mol. The number of nitro benzene ring substituents is 1. The first-order chi connectivity index (χ1) is 13.0. The first kappa shape index (κ1) is 16.8. The van der Waals surface area contributed by atoms with Crippen LogP contribution in [0.3, 0.4) is 0 Å². The normalized spacial score (nSPS) is 11.3. The van der Waals surface area contributed by atoms with Crippen LogP contribution < -0.4 is 5.56 Å². The zero-order chi connectivity index (χ0) is 19.1. The minimum absolute atomic E-state index is 0.0262. The molecule has 3 aromatic heterocycles. The van der Waals surface area contributed by atoms with Crippen molar-refractivity contribution in [1.82, 2.24) is 24.1 Å². The van der Waals surface area contributed by atoms with E-state index >= 15 is 0 Å². The van der Waals surface area contributed by atoms with Crippen LogP contribution in [0.2, 0.25) is 0 Å². The van der Waals surface area contributed by atoms with Crippen molar-refractivity contribution in [1.29, 1.82) is 0 Å². The molecule has 3 heterocycles. The number of aryl methyl sites for hydroxylation is 1. The molecule has 136 valence electrons. The van der Waals surface area contributed by atoms with Crippen LogP contribution in [-0.2, 0) is 11.3 Å². The lowest BCUT2D eigenvalue weighted by molar-refractivity contribution is -0.384. The Kier molecular flexibility index (Phi) is 3.89. The number of hydrogen-bond acceptors (Lipinski definition) is 7. The molecule has 0 amide bonds. The number of methoxy groups -OCH3 is 1. The van der Waals surface area contributed by atoms with Crippen LogP contribution in [0.1, 0.15) is 11.4 Å². The molecule has 0 spiro atoms. The maximum absolute atomic E-state index is 13.0. The molecule has 0 N–H and O–H groups in total. The Labute approximate surface area is 151 Å². The van der Waals surface area contributed by atoms with Crippen LogP contribution in [0, 0.1) is 17.0 Å². The number of nitro groups is 1. The summed E-state index contributed by atoms with van der Waals surface area (Å²) in [5, 5.41) is 15.6. The van der Waals surface area contributed by atoms with Crippen molar-refractivity contribution in [3.63, 3.8) is 0 Å². The zero-order valence-corrected chi connectivity index (χ0v) is 14.5. The summed E-state index contributed by atoms with van der Waals surface area (Å²) in [6, 6.07) is 6.09. The van der Waals surface area contributed by atoms with Crippen LogP contribution in [0.15, 0.2) is 41.5 Å². The van der Waals surface area contributed by atoms with Gasteiger partial charge < -0.3 is 4.74 Å². The molecule has 1 aromatic carbocycles. The first-order valence-corrected chi connectivity index (χ1v) is 8.00. The fraction of sp³-hybridized carbons (Fsp3) is 0.176. The van der Waals surface area contributed by atoms with E-state index in [2.05, 4.69) is 15.1 Å². The number of ether oxygens (including phenoxy) is 1. The van der Waals surface area contributed by atoms with Gasteiger partial charge in [-0.25, -0.2) is 4.98 Å². The summed E-state index contributed by atoms with van der Waals surface area (Å²) >= 11 is 0. The molecule has 0 saturated heterocycles. The highest BCUT2D eigenvalue weighted by Crippen LogP contribution is 2.20. The lowest BCUT2D eigenvalue weighted by Gasteiger charge is -2.10. The Balaban J connectivity index is 1.91. The fourth-order valence-electron chi connectivity index (χ4n) is 2.96. The summed E-state index contributed by atoms with van der Waals surface area (Å²) in [6.07, 6.45) is 3.06. The van der Waals surface area contributed by atoms with Crippen molar-refractivity contribution in [3.05, 3.63) is 68.5 Å². The van der Waals surface area contributed by atoms with Gasteiger partial charge in [0.2, 0.25) is 0 Å². The molecule has 0 unspecified atom stereocenters. The van der Waals surface area contributed by atoms with Crippen LogP contribution in [0.25, 0.3) is 22.4 Å². The van der Waals surface area contributed by atoms with Gasteiger partial charge in [-0.3, -0.25) is 19.5 Å². The minimum Gasteiger partial charge on any atom is -0.377 e. The quantitative estimate of drug-likeness (QED) is 0.399. The summed E-state index contributed by atoms with van der Waals surface area (Å²) in [6.45, 7) is 1.96. The molecule has 4 rings (SSSR count). The Morgan fingerprint density at radius 3 is 2.81 bits per heavy atom. The molecule has 0 saturated carbocycles. The number of nitrogens with zero attached hydrogens (tertiary/aromatic N) is 6. The molecule has 0 aliphatic carbocycles. The standard InChI is InChI=1S/C17H14N6O4/c1-10-7-11(23(25)26)3-4-13(10)21-6-5-14-12(16(21)24)8-18-17-19-15(9-27-2)20-22(14)17/h3-8H,9H2,1-2H3. The summed E-state index contributed by atoms with van der Waals surface area (Å²) in [5.74, 6) is 0.839. The highest BCUT2D eigenvalue weighted by Gasteiger charge is 2.14. The number of non-ortho nitro benzene ring substituents is 1. The van der Waals surface area contributed by atoms with E-state index in [1.807, 2.05) is 0 Å². The predicted octanol–water partition coefficient (Wildman–Crippen LogP) is 1.79. The zero-order valence-electron chi connectivity index (χ0n) is 14.5. The maximum Gasteiger partial charge on any atom is 0.269 e. The van der Waals surface area contributed by atoms with Gasteiger partial charge in [0.25, 0.3) is 17.0 Å². The van der Waals surface area contributed by atoms with Gasteiger partial charge >= 0.3 is 0 Å². The molecule has 0 radical (unpaired) electrons. The third-order valence-corrected chi connectivity index (χ3v) is 4.20. The van der Waals surface area contributed by atoms with Crippen molar-refractivity contribution >= 4 is 22.4 Å². The Bertz CT molecular complexity index is 1260. The van der Waals surface area contributed by atoms with E-state index in [4.69, 9.17) is 4.74 Å². The second-order valence-electron chi connectivity index (χ2n) is 5.95. The second kappa shape index (κ2) is 6.25. The molecular weight excluding hydrogens is 352 g/mol. The molecule has 0 fully saturated rings. The van der Waals surface area contributed by atoms with Gasteiger partial charge in [-0.2, -0.15) is 9.50 Å². The molecule has 27 heavy (non-hydrogen) atoms. The molecule has 0 bridgehead atoms. The summed E-state index contributed by atoms with van der Waals surface area (Å²) in [4.78, 5) is 31.9. The molecular formula is C17H14N6O4. The lowest BCUT2D eigenvalue weighted by atomic mass is 10.1. The highest BCUT2D eigenvalue weighted by atomic mass is 16.6. The lowest BCUT2D eigenvalue weighted by Crippen LogP contribution is -2.19. The van der Waals surface area contributed by atoms with Crippen molar-refractivity contribution in [2.75, 3.05) is 7.11 Å². The van der Waals surface area contributed by atoms with Crippen molar-refractivity contribution in [3.8, 4) is 5.69 Å². The van der Waals surface area contributed by atoms with E-state index in [1.165, 1.54) is 27.4 Å². The number of benzene rings is 1. The van der Waals surface area contributed by atoms with Crippen LogP contribution >= 0.6 is 0 Å². The first-order valence-electron chi connectivity index (χ1n) is 8.00. The smallest absolute Gasteiger partial charge is 0.269 e. The van der Waals surface area contributed by atoms with E-state index in [9.17, 15) is 14.9 Å². The monoisotopic (exact) mass is 366 g/mol. The predicted molar refractivity (Wildman–Crippen MR) is 96.0 cm³/mol. The van der Waals surface area contributed by atoms with Gasteiger partial charge in [-0.15, -0.1) is 5.10 Å². The van der Waals surface area contributed by atoms with Crippen molar-refractivity contribution in [2.24, 2.45) is 0 Å². The Morgan fingerprint density at radius 2 is 2.11 bits per heavy atom. The van der Waals surface area contributed by atoms with Gasteiger partial charge in [-0.05, 0) is 24.6 Å². The SMILES string of the molecule is COCc1nc2ncc3c(=O)n(-c4ccc([N+](=O)[O-])cc4C)ccc3n2n1. The number of rotatable bonds is 4. The average Bonchev–Trinajstić information content (AvgIpc) is 3.05. The molecule has 10 nitrogen and oxygen atoms in total. The third-order valence-electron chi connectivity index (χ3n) is 4.20. The van der Waals surface area contributed by atoms with Gasteiger partial charge in [0, 0.05) is 31.6 Å². The number of fused-ring (bicyclic) bond motifs is 3. The van der Waals surface area contributed by atoms with E-state index in [1.54, 1.807) is 32.4 Å². The van der Waals surface area contributed by atoms with E-state index in [-0.39, 0.29) is 17.9 Å². The van der Waals surface area contributed by atoms with Crippen LogP contribution in [0.5, 0.6) is 0 Å². The highest BCUT2D eigenvalue weighted by molar-refractivity contribution is 5.79. The van der Waals surface area contributed by atoms with Gasteiger partial charge in [0.15, 0.2) is 5.82 Å². The van der Waals surface area contributed by atoms with Crippen molar-refractivity contribution < 1.29 is 9.66 Å². The number of pyridine rings is 1. The van der Waals surface area contributed by atoms with E-state index < -0.39 is 4.92 Å². The Hall–Kier alpha value is -3.66. The number of aromatic nitrogens is 5. The molecule has 0 aliphatic rings. The molecule has 10 heteroatoms.